The summed E-state index contributed by atoms with van der Waals surface area (Å²) >= 11 is 0. The number of carboxylic acid groups (broad SMARTS) is 1. The molecule has 2 nitrogen and oxygen atoms in total. The summed E-state index contributed by atoms with van der Waals surface area (Å²) in [5.74, 6) is -0.816. The molecule has 0 aliphatic carbocycles. The summed E-state index contributed by atoms with van der Waals surface area (Å²) in [5, 5.41) is 10.2. The molecule has 0 atom stereocenters. The molecular weight excluding hydrogens is 228 g/mol. The van der Waals surface area contributed by atoms with Gasteiger partial charge in [0.2, 0.25) is 0 Å². The van der Waals surface area contributed by atoms with Gasteiger partial charge in [0.05, 0.1) is 8.07 Å². The van der Waals surface area contributed by atoms with Crippen molar-refractivity contribution < 1.29 is 9.90 Å². The minimum atomic E-state index is -1.42. The highest BCUT2D eigenvalue weighted by molar-refractivity contribution is 6.89. The zero-order valence-electron chi connectivity index (χ0n) is 10.7. The average Bonchev–Trinajstić information content (AvgIpc) is 2.29. The van der Waals surface area contributed by atoms with E-state index in [0.717, 1.165) is 12.5 Å². The summed E-state index contributed by atoms with van der Waals surface area (Å²) in [6, 6.07) is 11.6. The molecule has 17 heavy (non-hydrogen) atoms. The number of aliphatic carboxylic acids is 1. The minimum absolute atomic E-state index is 0.447. The molecule has 1 aromatic rings. The van der Waals surface area contributed by atoms with Crippen molar-refractivity contribution in [3.05, 3.63) is 42.0 Å². The molecule has 0 radical (unpaired) electrons. The molecule has 3 heteroatoms. The Morgan fingerprint density at radius 1 is 1.29 bits per heavy atom. The summed E-state index contributed by atoms with van der Waals surface area (Å²) in [6.45, 7) is 6.30. The smallest absolute Gasteiger partial charge is 0.330 e. The Morgan fingerprint density at radius 3 is 2.41 bits per heavy atom. The Balaban J connectivity index is 2.63. The lowest BCUT2D eigenvalue weighted by molar-refractivity contribution is -0.132. The Morgan fingerprint density at radius 2 is 1.88 bits per heavy atom. The van der Waals surface area contributed by atoms with Gasteiger partial charge in [0.25, 0.3) is 0 Å². The monoisotopic (exact) mass is 248 g/mol. The van der Waals surface area contributed by atoms with Gasteiger partial charge in [0, 0.05) is 5.57 Å². The predicted octanol–water partition coefficient (Wildman–Crippen LogP) is 3.02. The molecule has 0 saturated heterocycles. The van der Waals surface area contributed by atoms with Crippen LogP contribution < -0.4 is 5.19 Å². The van der Waals surface area contributed by atoms with E-state index >= 15 is 0 Å². The molecule has 0 heterocycles. The highest BCUT2D eigenvalue weighted by atomic mass is 28.3. The van der Waals surface area contributed by atoms with Crippen LogP contribution in [0.4, 0.5) is 0 Å². The molecule has 0 bridgehead atoms. The van der Waals surface area contributed by atoms with Gasteiger partial charge >= 0.3 is 5.97 Å². The van der Waals surface area contributed by atoms with E-state index in [9.17, 15) is 4.79 Å². The fraction of sp³-hybridized carbons (Fsp3) is 0.357. The first kappa shape index (κ1) is 13.7. The molecule has 0 spiro atoms. The van der Waals surface area contributed by atoms with Gasteiger partial charge in [0.15, 0.2) is 0 Å². The lowest BCUT2D eigenvalue weighted by atomic mass is 10.2. The number of carboxylic acids is 1. The normalized spacial score (nSPS) is 12.5. The molecule has 0 aromatic heterocycles. The number of carbonyl (C=O) groups is 1. The first-order valence-electron chi connectivity index (χ1n) is 5.89. The molecular formula is C14H20O2Si. The lowest BCUT2D eigenvalue weighted by Gasteiger charge is -2.22. The van der Waals surface area contributed by atoms with Gasteiger partial charge in [-0.05, 0) is 13.3 Å². The summed E-state index contributed by atoms with van der Waals surface area (Å²) in [5.41, 5.74) is 0.447. The third-order valence-electron chi connectivity index (χ3n) is 3.11. The summed E-state index contributed by atoms with van der Waals surface area (Å²) < 4.78 is 0. The van der Waals surface area contributed by atoms with Gasteiger partial charge in [0.1, 0.15) is 0 Å². The number of allylic oxidation sites excluding steroid dienone is 1. The molecule has 1 aromatic carbocycles. The van der Waals surface area contributed by atoms with E-state index in [-0.39, 0.29) is 0 Å². The summed E-state index contributed by atoms with van der Waals surface area (Å²) in [4.78, 5) is 10.7. The van der Waals surface area contributed by atoms with Crippen molar-refractivity contribution in [2.75, 3.05) is 0 Å². The van der Waals surface area contributed by atoms with E-state index in [1.54, 1.807) is 6.92 Å². The van der Waals surface area contributed by atoms with Crippen molar-refractivity contribution in [2.24, 2.45) is 0 Å². The Kier molecular flexibility index (Phi) is 4.69. The van der Waals surface area contributed by atoms with Crippen LogP contribution in [0.5, 0.6) is 0 Å². The number of hydrogen-bond donors (Lipinski definition) is 1. The van der Waals surface area contributed by atoms with Crippen molar-refractivity contribution in [3.8, 4) is 0 Å². The second kappa shape index (κ2) is 5.82. The Bertz CT molecular complexity index is 407. The van der Waals surface area contributed by atoms with Crippen LogP contribution in [0.1, 0.15) is 13.3 Å². The van der Waals surface area contributed by atoms with Crippen molar-refractivity contribution in [1.29, 1.82) is 0 Å². The van der Waals surface area contributed by atoms with Gasteiger partial charge in [-0.15, -0.1) is 0 Å². The maximum absolute atomic E-state index is 10.7. The number of benzene rings is 1. The largest absolute Gasteiger partial charge is 0.478 e. The second-order valence-corrected chi connectivity index (χ2v) is 9.83. The lowest BCUT2D eigenvalue weighted by Crippen LogP contribution is -2.40. The zero-order chi connectivity index (χ0) is 12.9. The summed E-state index contributed by atoms with van der Waals surface area (Å²) in [6.07, 6.45) is 2.69. The van der Waals surface area contributed by atoms with Gasteiger partial charge < -0.3 is 5.11 Å². The van der Waals surface area contributed by atoms with Crippen molar-refractivity contribution in [1.82, 2.24) is 0 Å². The Hall–Kier alpha value is -1.35. The van der Waals surface area contributed by atoms with Crippen LogP contribution in [0.3, 0.4) is 0 Å². The summed E-state index contributed by atoms with van der Waals surface area (Å²) in [7, 11) is -1.42. The van der Waals surface area contributed by atoms with Crippen LogP contribution in [0, 0.1) is 0 Å². The standard InChI is InChI=1S/C14H20O2Si/c1-12(14(15)16)8-7-11-17(2,3)13-9-5-4-6-10-13/h4-6,8-10H,7,11H2,1-3H3,(H,15,16). The van der Waals surface area contributed by atoms with Gasteiger partial charge in [-0.25, -0.2) is 4.79 Å². The van der Waals surface area contributed by atoms with Crippen LogP contribution >= 0.6 is 0 Å². The molecule has 1 N–H and O–H groups in total. The number of hydrogen-bond acceptors (Lipinski definition) is 1. The fourth-order valence-corrected chi connectivity index (χ4v) is 4.02. The third kappa shape index (κ3) is 4.19. The topological polar surface area (TPSA) is 37.3 Å². The average molecular weight is 248 g/mol. The van der Waals surface area contributed by atoms with Crippen LogP contribution in [-0.4, -0.2) is 19.1 Å². The van der Waals surface area contributed by atoms with Gasteiger partial charge in [-0.1, -0.05) is 60.7 Å². The van der Waals surface area contributed by atoms with Crippen LogP contribution in [-0.2, 0) is 4.79 Å². The highest BCUT2D eigenvalue weighted by Gasteiger charge is 2.21. The van der Waals surface area contributed by atoms with E-state index in [2.05, 4.69) is 37.4 Å². The third-order valence-corrected chi connectivity index (χ3v) is 6.55. The van der Waals surface area contributed by atoms with E-state index in [4.69, 9.17) is 5.11 Å². The molecule has 0 aliphatic heterocycles. The van der Waals surface area contributed by atoms with Crippen LogP contribution in [0.25, 0.3) is 0 Å². The minimum Gasteiger partial charge on any atom is -0.478 e. The SMILES string of the molecule is CC(=CCC[Si](C)(C)c1ccccc1)C(=O)O. The quantitative estimate of drug-likeness (QED) is 0.642. The van der Waals surface area contributed by atoms with E-state index in [1.165, 1.54) is 5.19 Å². The highest BCUT2D eigenvalue weighted by Crippen LogP contribution is 2.13. The number of rotatable bonds is 5. The molecule has 92 valence electrons. The second-order valence-electron chi connectivity index (χ2n) is 4.98. The maximum atomic E-state index is 10.7. The predicted molar refractivity (Wildman–Crippen MR) is 74.4 cm³/mol. The van der Waals surface area contributed by atoms with Crippen molar-refractivity contribution >= 4 is 19.2 Å². The first-order chi connectivity index (χ1) is 7.93. The van der Waals surface area contributed by atoms with E-state index in [0.29, 0.717) is 5.57 Å². The molecule has 0 amide bonds. The zero-order valence-corrected chi connectivity index (χ0v) is 11.7. The van der Waals surface area contributed by atoms with Crippen molar-refractivity contribution in [2.45, 2.75) is 32.5 Å². The Labute approximate surface area is 104 Å². The van der Waals surface area contributed by atoms with E-state index < -0.39 is 14.0 Å². The first-order valence-corrected chi connectivity index (χ1v) is 9.10. The molecule has 0 unspecified atom stereocenters. The van der Waals surface area contributed by atoms with Crippen LogP contribution in [0.15, 0.2) is 42.0 Å². The maximum Gasteiger partial charge on any atom is 0.330 e. The molecule has 0 aliphatic rings. The van der Waals surface area contributed by atoms with Gasteiger partial charge in [-0.2, -0.15) is 0 Å². The molecule has 0 saturated carbocycles. The van der Waals surface area contributed by atoms with Crippen molar-refractivity contribution in [3.63, 3.8) is 0 Å². The molecule has 0 fully saturated rings. The van der Waals surface area contributed by atoms with Gasteiger partial charge in [-0.3, -0.25) is 0 Å². The van der Waals surface area contributed by atoms with E-state index in [1.807, 2.05) is 12.1 Å². The van der Waals surface area contributed by atoms with Crippen LogP contribution in [0.2, 0.25) is 19.1 Å². The molecule has 1 rings (SSSR count). The fourth-order valence-electron chi connectivity index (χ4n) is 1.77.